The molecule has 1 N–H and O–H groups in total. The molecule has 2 unspecified atom stereocenters. The van der Waals surface area contributed by atoms with E-state index >= 15 is 0 Å². The molecule has 1 aromatic rings. The maximum atomic E-state index is 5.79. The second kappa shape index (κ2) is 5.98. The Bertz CT molecular complexity index is 338. The van der Waals surface area contributed by atoms with E-state index in [2.05, 4.69) is 17.2 Å². The van der Waals surface area contributed by atoms with Crippen molar-refractivity contribution >= 4 is 0 Å². The van der Waals surface area contributed by atoms with E-state index in [0.717, 1.165) is 31.6 Å². The molecule has 1 aliphatic heterocycles. The van der Waals surface area contributed by atoms with Gasteiger partial charge in [0, 0.05) is 24.9 Å². The molecule has 0 radical (unpaired) electrons. The highest BCUT2D eigenvalue weighted by molar-refractivity contribution is 5.20. The van der Waals surface area contributed by atoms with Crippen LogP contribution in [0.4, 0.5) is 0 Å². The lowest BCUT2D eigenvalue weighted by molar-refractivity contribution is 0.000374. The summed E-state index contributed by atoms with van der Waals surface area (Å²) in [5.74, 6) is 0.646. The van der Waals surface area contributed by atoms with Crippen LogP contribution >= 0.6 is 0 Å². The van der Waals surface area contributed by atoms with Gasteiger partial charge in [-0.15, -0.1) is 0 Å². The molecule has 1 saturated heterocycles. The molecule has 1 aromatic heterocycles. The van der Waals surface area contributed by atoms with Gasteiger partial charge >= 0.3 is 0 Å². The van der Waals surface area contributed by atoms with Gasteiger partial charge in [-0.2, -0.15) is 0 Å². The summed E-state index contributed by atoms with van der Waals surface area (Å²) < 4.78 is 10.8. The van der Waals surface area contributed by atoms with E-state index < -0.39 is 0 Å². The Kier molecular flexibility index (Phi) is 4.34. The van der Waals surface area contributed by atoms with Crippen molar-refractivity contribution in [3.05, 3.63) is 23.9 Å². The fourth-order valence-electron chi connectivity index (χ4n) is 2.21. The summed E-state index contributed by atoms with van der Waals surface area (Å²) in [7, 11) is 1.63. The molecule has 2 heterocycles. The zero-order valence-electron chi connectivity index (χ0n) is 10.5. The lowest BCUT2D eigenvalue weighted by atomic mass is 9.98. The first-order chi connectivity index (χ1) is 8.33. The van der Waals surface area contributed by atoms with Gasteiger partial charge in [0.15, 0.2) is 0 Å². The van der Waals surface area contributed by atoms with Gasteiger partial charge in [-0.05, 0) is 31.0 Å². The maximum Gasteiger partial charge on any atom is 0.212 e. The highest BCUT2D eigenvalue weighted by Gasteiger charge is 2.23. The fourth-order valence-corrected chi connectivity index (χ4v) is 2.21. The van der Waals surface area contributed by atoms with Gasteiger partial charge in [0.2, 0.25) is 5.88 Å². The van der Waals surface area contributed by atoms with Gasteiger partial charge in [-0.3, -0.25) is 0 Å². The summed E-state index contributed by atoms with van der Waals surface area (Å²) in [6.45, 7) is 3.96. The van der Waals surface area contributed by atoms with E-state index in [1.54, 1.807) is 7.11 Å². The van der Waals surface area contributed by atoms with E-state index in [4.69, 9.17) is 9.47 Å². The molecule has 2 rings (SSSR count). The summed E-state index contributed by atoms with van der Waals surface area (Å²) in [6, 6.07) is 4.47. The largest absolute Gasteiger partial charge is 0.481 e. The molecule has 1 aliphatic rings. The van der Waals surface area contributed by atoms with Crippen LogP contribution in [0.25, 0.3) is 0 Å². The van der Waals surface area contributed by atoms with Crippen LogP contribution in [-0.4, -0.2) is 31.3 Å². The lowest BCUT2D eigenvalue weighted by Gasteiger charge is -2.30. The van der Waals surface area contributed by atoms with Crippen molar-refractivity contribution in [2.45, 2.75) is 31.9 Å². The van der Waals surface area contributed by atoms with Crippen LogP contribution in [0.15, 0.2) is 18.3 Å². The molecule has 0 spiro atoms. The Hall–Kier alpha value is -1.13. The van der Waals surface area contributed by atoms with E-state index in [-0.39, 0.29) is 6.10 Å². The molecule has 1 fully saturated rings. The van der Waals surface area contributed by atoms with Crippen LogP contribution < -0.4 is 10.1 Å². The smallest absolute Gasteiger partial charge is 0.212 e. The zero-order valence-corrected chi connectivity index (χ0v) is 10.5. The Morgan fingerprint density at radius 2 is 2.41 bits per heavy atom. The number of hydrogen-bond acceptors (Lipinski definition) is 4. The van der Waals surface area contributed by atoms with Gasteiger partial charge in [-0.1, -0.05) is 6.92 Å². The Balaban J connectivity index is 2.00. The van der Waals surface area contributed by atoms with Crippen molar-refractivity contribution in [1.82, 2.24) is 10.3 Å². The van der Waals surface area contributed by atoms with Crippen LogP contribution in [0.3, 0.4) is 0 Å². The number of ether oxygens (including phenoxy) is 2. The predicted molar refractivity (Wildman–Crippen MR) is 66.2 cm³/mol. The molecule has 0 bridgehead atoms. The molecule has 94 valence electrons. The molecule has 0 amide bonds. The Labute approximate surface area is 102 Å². The third kappa shape index (κ3) is 3.17. The van der Waals surface area contributed by atoms with E-state index in [1.165, 1.54) is 0 Å². The first-order valence-electron chi connectivity index (χ1n) is 6.18. The Morgan fingerprint density at radius 1 is 1.53 bits per heavy atom. The molecular formula is C13H20N2O2. The third-order valence-electron chi connectivity index (χ3n) is 3.12. The van der Waals surface area contributed by atoms with E-state index in [1.807, 2.05) is 18.3 Å². The number of nitrogens with one attached hydrogen (secondary N) is 1. The van der Waals surface area contributed by atoms with Gasteiger partial charge in [-0.25, -0.2) is 4.98 Å². The molecule has 0 saturated carbocycles. The van der Waals surface area contributed by atoms with Crippen molar-refractivity contribution < 1.29 is 9.47 Å². The normalized spacial score (nSPS) is 24.6. The topological polar surface area (TPSA) is 43.4 Å². The van der Waals surface area contributed by atoms with Gasteiger partial charge in [0.05, 0.1) is 13.2 Å². The number of rotatable bonds is 4. The SMILES string of the molecule is CCNC1CCOC(c2ccc(OC)nc2)C1. The average Bonchev–Trinajstić information content (AvgIpc) is 2.40. The molecule has 2 atom stereocenters. The molecular weight excluding hydrogens is 216 g/mol. The third-order valence-corrected chi connectivity index (χ3v) is 3.12. The predicted octanol–water partition coefficient (Wildman–Crippen LogP) is 1.92. The minimum Gasteiger partial charge on any atom is -0.481 e. The number of hydrogen-bond donors (Lipinski definition) is 1. The average molecular weight is 236 g/mol. The van der Waals surface area contributed by atoms with Crippen LogP contribution in [0.5, 0.6) is 5.88 Å². The van der Waals surface area contributed by atoms with Gasteiger partial charge < -0.3 is 14.8 Å². The fraction of sp³-hybridized carbons (Fsp3) is 0.615. The molecule has 0 aromatic carbocycles. The van der Waals surface area contributed by atoms with Crippen LogP contribution in [0.1, 0.15) is 31.4 Å². The maximum absolute atomic E-state index is 5.79. The second-order valence-corrected chi connectivity index (χ2v) is 4.27. The molecule has 4 nitrogen and oxygen atoms in total. The molecule has 17 heavy (non-hydrogen) atoms. The highest BCUT2D eigenvalue weighted by atomic mass is 16.5. The van der Waals surface area contributed by atoms with Gasteiger partial charge in [0.25, 0.3) is 0 Å². The summed E-state index contributed by atoms with van der Waals surface area (Å²) in [5, 5.41) is 3.48. The number of aromatic nitrogens is 1. The summed E-state index contributed by atoms with van der Waals surface area (Å²) in [6.07, 6.45) is 4.11. The van der Waals surface area contributed by atoms with Crippen molar-refractivity contribution in [3.63, 3.8) is 0 Å². The summed E-state index contributed by atoms with van der Waals surface area (Å²) in [5.41, 5.74) is 1.13. The first kappa shape index (κ1) is 12.3. The Morgan fingerprint density at radius 3 is 3.06 bits per heavy atom. The molecule has 0 aliphatic carbocycles. The summed E-state index contributed by atoms with van der Waals surface area (Å²) in [4.78, 5) is 4.22. The van der Waals surface area contributed by atoms with Crippen LogP contribution in [0, 0.1) is 0 Å². The van der Waals surface area contributed by atoms with Crippen molar-refractivity contribution in [2.75, 3.05) is 20.3 Å². The lowest BCUT2D eigenvalue weighted by Crippen LogP contribution is -2.35. The quantitative estimate of drug-likeness (QED) is 0.867. The van der Waals surface area contributed by atoms with Gasteiger partial charge in [0.1, 0.15) is 0 Å². The number of methoxy groups -OCH3 is 1. The minimum atomic E-state index is 0.159. The second-order valence-electron chi connectivity index (χ2n) is 4.27. The van der Waals surface area contributed by atoms with Crippen molar-refractivity contribution in [3.8, 4) is 5.88 Å². The van der Waals surface area contributed by atoms with Crippen molar-refractivity contribution in [2.24, 2.45) is 0 Å². The van der Waals surface area contributed by atoms with Crippen LogP contribution in [-0.2, 0) is 4.74 Å². The monoisotopic (exact) mass is 236 g/mol. The van der Waals surface area contributed by atoms with E-state index in [9.17, 15) is 0 Å². The van der Waals surface area contributed by atoms with Crippen molar-refractivity contribution in [1.29, 1.82) is 0 Å². The summed E-state index contributed by atoms with van der Waals surface area (Å²) >= 11 is 0. The molecule has 4 heteroatoms. The van der Waals surface area contributed by atoms with E-state index in [0.29, 0.717) is 11.9 Å². The number of nitrogens with zero attached hydrogens (tertiary/aromatic N) is 1. The number of pyridine rings is 1. The minimum absolute atomic E-state index is 0.159. The first-order valence-corrected chi connectivity index (χ1v) is 6.18. The zero-order chi connectivity index (χ0) is 12.1. The van der Waals surface area contributed by atoms with Crippen LogP contribution in [0.2, 0.25) is 0 Å². The standard InChI is InChI=1S/C13H20N2O2/c1-3-14-11-6-7-17-12(8-11)10-4-5-13(16-2)15-9-10/h4-5,9,11-12,14H,3,6-8H2,1-2H3. The highest BCUT2D eigenvalue weighted by Crippen LogP contribution is 2.28.